The topological polar surface area (TPSA) is 58.6 Å². The molecule has 1 heterocycles. The molecule has 0 amide bonds. The summed E-state index contributed by atoms with van der Waals surface area (Å²) in [6.07, 6.45) is 3.36. The van der Waals surface area contributed by atoms with E-state index in [1.54, 1.807) is 12.1 Å². The summed E-state index contributed by atoms with van der Waals surface area (Å²) >= 11 is 0. The van der Waals surface area contributed by atoms with Gasteiger partial charge in [-0.05, 0) is 18.9 Å². The van der Waals surface area contributed by atoms with Crippen LogP contribution in [0.5, 0.6) is 5.75 Å². The minimum atomic E-state index is -0.922. The summed E-state index contributed by atoms with van der Waals surface area (Å²) < 4.78 is 5.53. The first-order valence-corrected chi connectivity index (χ1v) is 6.01. The summed E-state index contributed by atoms with van der Waals surface area (Å²) in [5.74, 6) is -0.377. The van der Waals surface area contributed by atoms with Crippen LogP contribution in [0.4, 0.5) is 0 Å². The third kappa shape index (κ3) is 2.00. The van der Waals surface area contributed by atoms with Gasteiger partial charge in [-0.25, -0.2) is 4.79 Å². The largest absolute Gasteiger partial charge is 0.492 e. The van der Waals surface area contributed by atoms with Crippen molar-refractivity contribution in [1.29, 1.82) is 0 Å². The molecule has 1 aliphatic carbocycles. The van der Waals surface area contributed by atoms with Crippen molar-refractivity contribution in [3.05, 3.63) is 29.3 Å². The molecule has 17 heavy (non-hydrogen) atoms. The molecule has 4 heteroatoms. The Morgan fingerprint density at radius 2 is 2.18 bits per heavy atom. The zero-order chi connectivity index (χ0) is 11.8. The van der Waals surface area contributed by atoms with Gasteiger partial charge in [0.25, 0.3) is 0 Å². The van der Waals surface area contributed by atoms with Crippen LogP contribution in [0.25, 0.3) is 0 Å². The molecule has 4 nitrogen and oxygen atoms in total. The molecule has 2 aliphatic rings. The van der Waals surface area contributed by atoms with Crippen molar-refractivity contribution in [1.82, 2.24) is 5.32 Å². The first-order chi connectivity index (χ1) is 8.25. The molecule has 0 bridgehead atoms. The van der Waals surface area contributed by atoms with Crippen molar-refractivity contribution < 1.29 is 14.6 Å². The molecule has 90 valence electrons. The smallest absolute Gasteiger partial charge is 0.339 e. The fourth-order valence-electron chi connectivity index (χ4n) is 2.30. The number of para-hydroxylation sites is 1. The Hall–Kier alpha value is -1.55. The number of hydrogen-bond acceptors (Lipinski definition) is 3. The Balaban J connectivity index is 1.95. The third-order valence-electron chi connectivity index (χ3n) is 3.32. The van der Waals surface area contributed by atoms with E-state index in [0.29, 0.717) is 18.4 Å². The molecule has 0 aromatic heterocycles. The number of carboxylic acids is 1. The van der Waals surface area contributed by atoms with Crippen molar-refractivity contribution in [3.8, 4) is 5.75 Å². The van der Waals surface area contributed by atoms with Gasteiger partial charge in [0.1, 0.15) is 11.3 Å². The van der Waals surface area contributed by atoms with Gasteiger partial charge in [0.2, 0.25) is 0 Å². The SMILES string of the molecule is O=C(O)c1cccc2c1OCCC2NC1CC1. The predicted molar refractivity (Wildman–Crippen MR) is 62.4 cm³/mol. The second kappa shape index (κ2) is 4.04. The first-order valence-electron chi connectivity index (χ1n) is 6.01. The molecule has 1 fully saturated rings. The van der Waals surface area contributed by atoms with Gasteiger partial charge >= 0.3 is 5.97 Å². The van der Waals surface area contributed by atoms with E-state index in [2.05, 4.69) is 5.32 Å². The lowest BCUT2D eigenvalue weighted by molar-refractivity contribution is 0.0690. The maximum Gasteiger partial charge on any atom is 0.339 e. The van der Waals surface area contributed by atoms with E-state index >= 15 is 0 Å². The van der Waals surface area contributed by atoms with Gasteiger partial charge in [-0.3, -0.25) is 0 Å². The average Bonchev–Trinajstić information content (AvgIpc) is 3.12. The monoisotopic (exact) mass is 233 g/mol. The van der Waals surface area contributed by atoms with Crippen LogP contribution in [-0.2, 0) is 0 Å². The van der Waals surface area contributed by atoms with E-state index in [0.717, 1.165) is 12.0 Å². The molecule has 1 unspecified atom stereocenters. The van der Waals surface area contributed by atoms with E-state index < -0.39 is 5.97 Å². The van der Waals surface area contributed by atoms with E-state index in [9.17, 15) is 4.79 Å². The number of aromatic carboxylic acids is 1. The molecular weight excluding hydrogens is 218 g/mol. The average molecular weight is 233 g/mol. The molecule has 0 radical (unpaired) electrons. The molecule has 1 aromatic carbocycles. The highest BCUT2D eigenvalue weighted by molar-refractivity contribution is 5.91. The Labute approximate surface area is 99.6 Å². The van der Waals surface area contributed by atoms with Gasteiger partial charge in [-0.2, -0.15) is 0 Å². The number of carbonyl (C=O) groups is 1. The Kier molecular flexibility index (Phi) is 2.52. The van der Waals surface area contributed by atoms with Crippen LogP contribution < -0.4 is 10.1 Å². The van der Waals surface area contributed by atoms with Gasteiger partial charge in [0.15, 0.2) is 0 Å². The molecule has 0 spiro atoms. The summed E-state index contributed by atoms with van der Waals surface area (Å²) in [5.41, 5.74) is 1.26. The van der Waals surface area contributed by atoms with Crippen molar-refractivity contribution in [3.63, 3.8) is 0 Å². The van der Waals surface area contributed by atoms with Crippen molar-refractivity contribution in [2.75, 3.05) is 6.61 Å². The highest BCUT2D eigenvalue weighted by Crippen LogP contribution is 2.36. The van der Waals surface area contributed by atoms with E-state index in [4.69, 9.17) is 9.84 Å². The number of nitrogens with one attached hydrogen (secondary N) is 1. The van der Waals surface area contributed by atoms with Crippen LogP contribution in [0.15, 0.2) is 18.2 Å². The molecule has 0 saturated heterocycles. The molecule has 2 N–H and O–H groups in total. The summed E-state index contributed by atoms with van der Waals surface area (Å²) in [7, 11) is 0. The van der Waals surface area contributed by atoms with Crippen LogP contribution in [0.2, 0.25) is 0 Å². The van der Waals surface area contributed by atoms with Crippen LogP contribution in [0.1, 0.15) is 41.2 Å². The molecule has 1 aromatic rings. The maximum atomic E-state index is 11.1. The van der Waals surface area contributed by atoms with E-state index in [-0.39, 0.29) is 11.6 Å². The van der Waals surface area contributed by atoms with Gasteiger partial charge < -0.3 is 15.2 Å². The Bertz CT molecular complexity index is 454. The Morgan fingerprint density at radius 1 is 1.35 bits per heavy atom. The lowest BCUT2D eigenvalue weighted by Crippen LogP contribution is -2.29. The molecule has 1 atom stereocenters. The normalized spacial score (nSPS) is 22.7. The molecule has 1 saturated carbocycles. The Morgan fingerprint density at radius 3 is 2.88 bits per heavy atom. The number of ether oxygens (including phenoxy) is 1. The fraction of sp³-hybridized carbons (Fsp3) is 0.462. The van der Waals surface area contributed by atoms with E-state index in [1.165, 1.54) is 12.8 Å². The zero-order valence-electron chi connectivity index (χ0n) is 9.48. The summed E-state index contributed by atoms with van der Waals surface area (Å²) in [6.45, 7) is 0.585. The second-order valence-electron chi connectivity index (χ2n) is 4.66. The van der Waals surface area contributed by atoms with Crippen molar-refractivity contribution >= 4 is 5.97 Å². The molecular formula is C13H15NO3. The minimum Gasteiger partial charge on any atom is -0.492 e. The number of carboxylic acid groups (broad SMARTS) is 1. The first kappa shape index (κ1) is 10.6. The number of benzene rings is 1. The highest BCUT2D eigenvalue weighted by Gasteiger charge is 2.30. The predicted octanol–water partition coefficient (Wildman–Crippen LogP) is 1.96. The number of fused-ring (bicyclic) bond motifs is 1. The summed E-state index contributed by atoms with van der Waals surface area (Å²) in [6, 6.07) is 6.20. The summed E-state index contributed by atoms with van der Waals surface area (Å²) in [4.78, 5) is 11.1. The van der Waals surface area contributed by atoms with Gasteiger partial charge in [-0.1, -0.05) is 12.1 Å². The molecule has 3 rings (SSSR count). The van der Waals surface area contributed by atoms with Crippen molar-refractivity contribution in [2.24, 2.45) is 0 Å². The van der Waals surface area contributed by atoms with Crippen LogP contribution in [-0.4, -0.2) is 23.7 Å². The molecule has 1 aliphatic heterocycles. The lowest BCUT2D eigenvalue weighted by Gasteiger charge is -2.27. The van der Waals surface area contributed by atoms with Crippen LogP contribution in [0, 0.1) is 0 Å². The van der Waals surface area contributed by atoms with Crippen LogP contribution in [0.3, 0.4) is 0 Å². The summed E-state index contributed by atoms with van der Waals surface area (Å²) in [5, 5.41) is 12.7. The third-order valence-corrected chi connectivity index (χ3v) is 3.32. The van der Waals surface area contributed by atoms with E-state index in [1.807, 2.05) is 6.07 Å². The van der Waals surface area contributed by atoms with Crippen molar-refractivity contribution in [2.45, 2.75) is 31.3 Å². The fourth-order valence-corrected chi connectivity index (χ4v) is 2.30. The highest BCUT2D eigenvalue weighted by atomic mass is 16.5. The second-order valence-corrected chi connectivity index (χ2v) is 4.66. The standard InChI is InChI=1S/C13H15NO3/c15-13(16)10-3-1-2-9-11(14-8-4-5-8)6-7-17-12(9)10/h1-3,8,11,14H,4-7H2,(H,15,16). The lowest BCUT2D eigenvalue weighted by atomic mass is 9.97. The zero-order valence-corrected chi connectivity index (χ0v) is 9.48. The van der Waals surface area contributed by atoms with Gasteiger partial charge in [-0.15, -0.1) is 0 Å². The number of rotatable bonds is 3. The maximum absolute atomic E-state index is 11.1. The minimum absolute atomic E-state index is 0.241. The van der Waals surface area contributed by atoms with Gasteiger partial charge in [0.05, 0.1) is 6.61 Å². The number of hydrogen-bond donors (Lipinski definition) is 2. The van der Waals surface area contributed by atoms with Crippen LogP contribution >= 0.6 is 0 Å². The quantitative estimate of drug-likeness (QED) is 0.838. The van der Waals surface area contributed by atoms with Gasteiger partial charge in [0, 0.05) is 24.1 Å².